The van der Waals surface area contributed by atoms with Crippen LogP contribution in [0.1, 0.15) is 16.7 Å². The Morgan fingerprint density at radius 3 is 2.35 bits per heavy atom. The van der Waals surface area contributed by atoms with Crippen LogP contribution in [0.4, 0.5) is 0 Å². The van der Waals surface area contributed by atoms with E-state index in [1.54, 1.807) is 0 Å². The normalized spacial score (nSPS) is 10.3. The summed E-state index contributed by atoms with van der Waals surface area (Å²) < 4.78 is 5.53. The van der Waals surface area contributed by atoms with E-state index in [2.05, 4.69) is 6.92 Å². The van der Waals surface area contributed by atoms with Gasteiger partial charge in [-0.25, -0.2) is 0 Å². The average molecular weight is 286 g/mol. The van der Waals surface area contributed by atoms with Gasteiger partial charge < -0.3 is 4.74 Å². The highest BCUT2D eigenvalue weighted by molar-refractivity contribution is 8.13. The number of ether oxygens (including phenoxy) is 1. The number of thioether (sulfide) groups is 1. The molecular weight excluding hydrogens is 268 g/mol. The molecule has 0 bridgehead atoms. The maximum atomic E-state index is 11.9. The molecule has 0 saturated carbocycles. The van der Waals surface area contributed by atoms with Crippen molar-refractivity contribution in [1.82, 2.24) is 0 Å². The third kappa shape index (κ3) is 4.14. The Morgan fingerprint density at radius 2 is 1.70 bits per heavy atom. The molecule has 0 N–H and O–H groups in total. The first-order chi connectivity index (χ1) is 9.54. The Labute approximate surface area is 124 Å². The molecule has 0 aliphatic rings. The summed E-state index contributed by atoms with van der Waals surface area (Å²) in [5.41, 5.74) is 3.58. The van der Waals surface area contributed by atoms with Gasteiger partial charge in [0.15, 0.2) is 6.61 Å². The SMILES string of the molecule is Cc1ccc(SC(=O)COc2ccc(C)c(C)c2)cc1. The molecule has 2 nitrogen and oxygen atoms in total. The van der Waals surface area contributed by atoms with Crippen LogP contribution in [0.25, 0.3) is 0 Å². The summed E-state index contributed by atoms with van der Waals surface area (Å²) in [6, 6.07) is 13.8. The monoisotopic (exact) mass is 286 g/mol. The first-order valence-corrected chi connectivity index (χ1v) is 7.33. The largest absolute Gasteiger partial charge is 0.485 e. The van der Waals surface area contributed by atoms with Crippen molar-refractivity contribution in [2.45, 2.75) is 25.7 Å². The van der Waals surface area contributed by atoms with Crippen LogP contribution in [-0.2, 0) is 4.79 Å². The third-order valence-electron chi connectivity index (χ3n) is 3.09. The van der Waals surface area contributed by atoms with Crippen LogP contribution < -0.4 is 4.74 Å². The molecule has 0 radical (unpaired) electrons. The third-order valence-corrected chi connectivity index (χ3v) is 3.94. The zero-order valence-electron chi connectivity index (χ0n) is 12.0. The molecule has 2 aromatic carbocycles. The van der Waals surface area contributed by atoms with Crippen LogP contribution in [0.2, 0.25) is 0 Å². The predicted octanol–water partition coefficient (Wildman–Crippen LogP) is 4.31. The van der Waals surface area contributed by atoms with Crippen molar-refractivity contribution in [2.75, 3.05) is 6.61 Å². The van der Waals surface area contributed by atoms with E-state index in [0.29, 0.717) is 0 Å². The van der Waals surface area contributed by atoms with Gasteiger partial charge >= 0.3 is 0 Å². The summed E-state index contributed by atoms with van der Waals surface area (Å²) in [7, 11) is 0. The lowest BCUT2D eigenvalue weighted by atomic mass is 10.1. The second kappa shape index (κ2) is 6.62. The predicted molar refractivity (Wildman–Crippen MR) is 83.5 cm³/mol. The van der Waals surface area contributed by atoms with E-state index in [9.17, 15) is 4.79 Å². The van der Waals surface area contributed by atoms with E-state index >= 15 is 0 Å². The summed E-state index contributed by atoms with van der Waals surface area (Å²) in [6.07, 6.45) is 0. The van der Waals surface area contributed by atoms with Crippen LogP contribution in [0.15, 0.2) is 47.4 Å². The van der Waals surface area contributed by atoms with Crippen molar-refractivity contribution in [1.29, 1.82) is 0 Å². The van der Waals surface area contributed by atoms with E-state index < -0.39 is 0 Å². The van der Waals surface area contributed by atoms with Crippen molar-refractivity contribution in [3.63, 3.8) is 0 Å². The Bertz CT molecular complexity index is 603. The van der Waals surface area contributed by atoms with Gasteiger partial charge in [-0.05, 0) is 67.9 Å². The summed E-state index contributed by atoms with van der Waals surface area (Å²) in [5, 5.41) is 0.00656. The smallest absolute Gasteiger partial charge is 0.231 e. The van der Waals surface area contributed by atoms with Gasteiger partial charge in [0.25, 0.3) is 0 Å². The van der Waals surface area contributed by atoms with Gasteiger partial charge in [-0.1, -0.05) is 23.8 Å². The molecule has 104 valence electrons. The van der Waals surface area contributed by atoms with Crippen LogP contribution >= 0.6 is 11.8 Å². The molecule has 2 aromatic rings. The van der Waals surface area contributed by atoms with E-state index in [4.69, 9.17) is 4.74 Å². The van der Waals surface area contributed by atoms with Crippen LogP contribution in [0.3, 0.4) is 0 Å². The average Bonchev–Trinajstić information content (AvgIpc) is 2.43. The van der Waals surface area contributed by atoms with E-state index in [-0.39, 0.29) is 11.7 Å². The molecule has 0 aliphatic carbocycles. The Hall–Kier alpha value is -1.74. The van der Waals surface area contributed by atoms with Crippen LogP contribution in [0, 0.1) is 20.8 Å². The van der Waals surface area contributed by atoms with Crippen LogP contribution in [0.5, 0.6) is 5.75 Å². The van der Waals surface area contributed by atoms with Gasteiger partial charge in [-0.2, -0.15) is 0 Å². The summed E-state index contributed by atoms with van der Waals surface area (Å²) in [5.74, 6) is 0.742. The van der Waals surface area contributed by atoms with Gasteiger partial charge in [0.2, 0.25) is 5.12 Å². The Kier molecular flexibility index (Phi) is 4.85. The first-order valence-electron chi connectivity index (χ1n) is 6.52. The van der Waals surface area contributed by atoms with E-state index in [1.165, 1.54) is 28.5 Å². The standard InChI is InChI=1S/C17H18O2S/c1-12-4-8-16(9-5-12)20-17(18)11-19-15-7-6-13(2)14(3)10-15/h4-10H,11H2,1-3H3. The number of carbonyl (C=O) groups excluding carboxylic acids is 1. The fraction of sp³-hybridized carbons (Fsp3) is 0.235. The number of aryl methyl sites for hydroxylation is 3. The fourth-order valence-corrected chi connectivity index (χ4v) is 2.37. The highest BCUT2D eigenvalue weighted by Crippen LogP contribution is 2.21. The number of rotatable bonds is 4. The topological polar surface area (TPSA) is 26.3 Å². The second-order valence-electron chi connectivity index (χ2n) is 4.82. The van der Waals surface area contributed by atoms with Gasteiger partial charge in [0, 0.05) is 4.90 Å². The van der Waals surface area contributed by atoms with Crippen molar-refractivity contribution in [3.05, 3.63) is 59.2 Å². The minimum absolute atomic E-state index is 0.00656. The highest BCUT2D eigenvalue weighted by atomic mass is 32.2. The van der Waals surface area contributed by atoms with Gasteiger partial charge in [0.05, 0.1) is 0 Å². The van der Waals surface area contributed by atoms with Crippen molar-refractivity contribution < 1.29 is 9.53 Å². The molecule has 0 heterocycles. The molecule has 0 aromatic heterocycles. The van der Waals surface area contributed by atoms with Crippen molar-refractivity contribution >= 4 is 16.9 Å². The van der Waals surface area contributed by atoms with Gasteiger partial charge in [-0.15, -0.1) is 0 Å². The zero-order valence-corrected chi connectivity index (χ0v) is 12.8. The molecule has 0 spiro atoms. The molecule has 0 fully saturated rings. The fourth-order valence-electron chi connectivity index (χ4n) is 1.71. The summed E-state index contributed by atoms with van der Waals surface area (Å²) >= 11 is 1.21. The van der Waals surface area contributed by atoms with Gasteiger partial charge in [-0.3, -0.25) is 4.79 Å². The molecule has 2 rings (SSSR count). The van der Waals surface area contributed by atoms with Crippen LogP contribution in [-0.4, -0.2) is 11.7 Å². The van der Waals surface area contributed by atoms with Crippen molar-refractivity contribution in [3.8, 4) is 5.75 Å². The number of carbonyl (C=O) groups is 1. The zero-order chi connectivity index (χ0) is 14.5. The molecule has 20 heavy (non-hydrogen) atoms. The Balaban J connectivity index is 1.88. The lowest BCUT2D eigenvalue weighted by Gasteiger charge is -2.07. The lowest BCUT2D eigenvalue weighted by molar-refractivity contribution is -0.112. The number of hydrogen-bond acceptors (Lipinski definition) is 3. The quantitative estimate of drug-likeness (QED) is 0.783. The molecule has 0 unspecified atom stereocenters. The molecule has 0 atom stereocenters. The van der Waals surface area contributed by atoms with E-state index in [1.807, 2.05) is 56.3 Å². The minimum atomic E-state index is 0.00656. The van der Waals surface area contributed by atoms with Gasteiger partial charge in [0.1, 0.15) is 5.75 Å². The maximum absolute atomic E-state index is 11.9. The minimum Gasteiger partial charge on any atom is -0.485 e. The van der Waals surface area contributed by atoms with Crippen molar-refractivity contribution in [2.24, 2.45) is 0 Å². The highest BCUT2D eigenvalue weighted by Gasteiger charge is 2.06. The van der Waals surface area contributed by atoms with E-state index in [0.717, 1.165) is 10.6 Å². The first kappa shape index (κ1) is 14.7. The number of hydrogen-bond donors (Lipinski definition) is 0. The second-order valence-corrected chi connectivity index (χ2v) is 5.95. The Morgan fingerprint density at radius 1 is 1.00 bits per heavy atom. The lowest BCUT2D eigenvalue weighted by Crippen LogP contribution is -2.07. The molecule has 3 heteroatoms. The molecule has 0 amide bonds. The number of benzene rings is 2. The summed E-state index contributed by atoms with van der Waals surface area (Å²) in [6.45, 7) is 6.20. The summed E-state index contributed by atoms with van der Waals surface area (Å²) in [4.78, 5) is 12.8. The maximum Gasteiger partial charge on any atom is 0.231 e. The molecule has 0 aliphatic heterocycles. The molecule has 0 saturated heterocycles. The molecular formula is C17H18O2S.